The zero-order valence-electron chi connectivity index (χ0n) is 11.0. The van der Waals surface area contributed by atoms with Gasteiger partial charge in [-0.3, -0.25) is 4.79 Å². The van der Waals surface area contributed by atoms with Gasteiger partial charge in [-0.05, 0) is 29.8 Å². The van der Waals surface area contributed by atoms with Crippen LogP contribution in [0.1, 0.15) is 28.4 Å². The van der Waals surface area contributed by atoms with Gasteiger partial charge >= 0.3 is 0 Å². The van der Waals surface area contributed by atoms with Crippen molar-refractivity contribution in [3.8, 4) is 17.2 Å². The maximum atomic E-state index is 12.1. The smallest absolute Gasteiger partial charge is 0.170 e. The van der Waals surface area contributed by atoms with Crippen LogP contribution in [0.4, 0.5) is 0 Å². The van der Waals surface area contributed by atoms with Gasteiger partial charge in [0.2, 0.25) is 0 Å². The van der Waals surface area contributed by atoms with Crippen molar-refractivity contribution in [3.63, 3.8) is 0 Å². The van der Waals surface area contributed by atoms with Crippen molar-refractivity contribution in [2.45, 2.75) is 12.5 Å². The van der Waals surface area contributed by atoms with Crippen LogP contribution in [0.3, 0.4) is 0 Å². The molecule has 0 bridgehead atoms. The van der Waals surface area contributed by atoms with Crippen molar-refractivity contribution >= 4 is 5.78 Å². The predicted molar refractivity (Wildman–Crippen MR) is 73.4 cm³/mol. The summed E-state index contributed by atoms with van der Waals surface area (Å²) in [6.07, 6.45) is -0.0720. The second kappa shape index (κ2) is 4.89. The summed E-state index contributed by atoms with van der Waals surface area (Å²) in [5.74, 6) is 1.10. The number of hydrogen-bond donors (Lipinski definition) is 1. The maximum absolute atomic E-state index is 12.1. The van der Waals surface area contributed by atoms with Crippen LogP contribution in [0.15, 0.2) is 42.5 Å². The van der Waals surface area contributed by atoms with Crippen LogP contribution in [0.25, 0.3) is 0 Å². The number of hydrogen-bond acceptors (Lipinski definition) is 4. The Hall–Kier alpha value is -2.49. The summed E-state index contributed by atoms with van der Waals surface area (Å²) >= 11 is 0. The summed E-state index contributed by atoms with van der Waals surface area (Å²) in [6, 6.07) is 12.2. The number of methoxy groups -OCH3 is 1. The van der Waals surface area contributed by atoms with Gasteiger partial charge in [-0.1, -0.05) is 18.2 Å². The third-order valence-corrected chi connectivity index (χ3v) is 3.40. The van der Waals surface area contributed by atoms with E-state index in [0.29, 0.717) is 17.1 Å². The van der Waals surface area contributed by atoms with E-state index in [4.69, 9.17) is 9.47 Å². The first-order valence-corrected chi connectivity index (χ1v) is 6.35. The van der Waals surface area contributed by atoms with Gasteiger partial charge in [0.05, 0.1) is 19.1 Å². The van der Waals surface area contributed by atoms with Crippen molar-refractivity contribution < 1.29 is 19.4 Å². The number of ether oxygens (including phenoxy) is 2. The number of rotatable bonds is 2. The molecule has 0 fully saturated rings. The molecule has 20 heavy (non-hydrogen) atoms. The summed E-state index contributed by atoms with van der Waals surface area (Å²) in [5.41, 5.74) is 1.43. The highest BCUT2D eigenvalue weighted by Gasteiger charge is 2.27. The number of fused-ring (bicyclic) bond motifs is 1. The molecule has 1 aliphatic rings. The Morgan fingerprint density at radius 1 is 1.25 bits per heavy atom. The number of phenolic OH excluding ortho intramolecular Hbond substituents is 1. The number of carbonyl (C=O) groups excluding carboxylic acids is 1. The van der Waals surface area contributed by atoms with Gasteiger partial charge in [0.1, 0.15) is 11.9 Å². The van der Waals surface area contributed by atoms with Crippen molar-refractivity contribution in [2.24, 2.45) is 0 Å². The predicted octanol–water partition coefficient (Wildman–Crippen LogP) is 3.11. The monoisotopic (exact) mass is 270 g/mol. The van der Waals surface area contributed by atoms with Crippen LogP contribution in [0.5, 0.6) is 17.2 Å². The molecule has 0 unspecified atom stereocenters. The average Bonchev–Trinajstić information content (AvgIpc) is 2.47. The van der Waals surface area contributed by atoms with Gasteiger partial charge < -0.3 is 14.6 Å². The number of ketones is 1. The first-order valence-electron chi connectivity index (χ1n) is 6.35. The van der Waals surface area contributed by atoms with E-state index < -0.39 is 0 Å². The maximum Gasteiger partial charge on any atom is 0.170 e. The third-order valence-electron chi connectivity index (χ3n) is 3.40. The lowest BCUT2D eigenvalue weighted by Gasteiger charge is -2.25. The van der Waals surface area contributed by atoms with E-state index >= 15 is 0 Å². The summed E-state index contributed by atoms with van der Waals surface area (Å²) in [4.78, 5) is 12.1. The van der Waals surface area contributed by atoms with Crippen LogP contribution < -0.4 is 9.47 Å². The standard InChI is InChI=1S/C16H14O4/c1-19-16-8-10(6-7-12(16)17)15-9-13(18)11-4-2-3-5-14(11)20-15/h2-8,15,17H,9H2,1H3/t15-/m0/s1. The molecule has 0 amide bonds. The minimum atomic E-state index is -0.355. The van der Waals surface area contributed by atoms with Crippen LogP contribution in [0, 0.1) is 0 Å². The Balaban J connectivity index is 1.95. The Bertz CT molecular complexity index is 663. The summed E-state index contributed by atoms with van der Waals surface area (Å²) in [7, 11) is 1.49. The first-order chi connectivity index (χ1) is 9.69. The fourth-order valence-electron chi connectivity index (χ4n) is 2.35. The molecular weight excluding hydrogens is 256 g/mol. The van der Waals surface area contributed by atoms with E-state index in [1.165, 1.54) is 7.11 Å². The molecule has 0 saturated carbocycles. The third kappa shape index (κ3) is 2.09. The van der Waals surface area contributed by atoms with Crippen molar-refractivity contribution in [2.75, 3.05) is 7.11 Å². The summed E-state index contributed by atoms with van der Waals surface area (Å²) in [6.45, 7) is 0. The van der Waals surface area contributed by atoms with E-state index in [-0.39, 0.29) is 24.1 Å². The van der Waals surface area contributed by atoms with Gasteiger partial charge in [-0.25, -0.2) is 0 Å². The zero-order chi connectivity index (χ0) is 14.1. The lowest BCUT2D eigenvalue weighted by molar-refractivity contribution is 0.0850. The number of benzene rings is 2. The fraction of sp³-hybridized carbons (Fsp3) is 0.188. The molecule has 102 valence electrons. The van der Waals surface area contributed by atoms with Crippen LogP contribution >= 0.6 is 0 Å². The van der Waals surface area contributed by atoms with Gasteiger partial charge in [0, 0.05) is 0 Å². The Kier molecular flexibility index (Phi) is 3.06. The highest BCUT2D eigenvalue weighted by molar-refractivity contribution is 5.99. The zero-order valence-corrected chi connectivity index (χ0v) is 11.0. The van der Waals surface area contributed by atoms with E-state index in [9.17, 15) is 9.90 Å². The number of phenols is 1. The van der Waals surface area contributed by atoms with E-state index in [0.717, 1.165) is 5.56 Å². The van der Waals surface area contributed by atoms with Gasteiger partial charge in [-0.2, -0.15) is 0 Å². The number of carbonyl (C=O) groups is 1. The minimum absolute atomic E-state index is 0.0592. The van der Waals surface area contributed by atoms with Gasteiger partial charge in [-0.15, -0.1) is 0 Å². The highest BCUT2D eigenvalue weighted by atomic mass is 16.5. The van der Waals surface area contributed by atoms with E-state index in [1.54, 1.807) is 30.3 Å². The molecule has 0 radical (unpaired) electrons. The Morgan fingerprint density at radius 2 is 2.05 bits per heavy atom. The van der Waals surface area contributed by atoms with Gasteiger partial charge in [0.25, 0.3) is 0 Å². The van der Waals surface area contributed by atoms with Crippen molar-refractivity contribution in [1.29, 1.82) is 0 Å². The molecule has 1 N–H and O–H groups in total. The number of aromatic hydroxyl groups is 1. The molecule has 4 nitrogen and oxygen atoms in total. The fourth-order valence-corrected chi connectivity index (χ4v) is 2.35. The molecule has 1 atom stereocenters. The first kappa shape index (κ1) is 12.5. The van der Waals surface area contributed by atoms with Crippen LogP contribution in [0.2, 0.25) is 0 Å². The lowest BCUT2D eigenvalue weighted by Crippen LogP contribution is -2.20. The minimum Gasteiger partial charge on any atom is -0.504 e. The molecule has 1 aliphatic heterocycles. The molecular formula is C16H14O4. The molecule has 2 aromatic rings. The second-order valence-corrected chi connectivity index (χ2v) is 4.66. The van der Waals surface area contributed by atoms with Crippen molar-refractivity contribution in [1.82, 2.24) is 0 Å². The lowest BCUT2D eigenvalue weighted by atomic mass is 9.96. The average molecular weight is 270 g/mol. The largest absolute Gasteiger partial charge is 0.504 e. The topological polar surface area (TPSA) is 55.8 Å². The molecule has 1 heterocycles. The van der Waals surface area contributed by atoms with Crippen LogP contribution in [-0.2, 0) is 0 Å². The highest BCUT2D eigenvalue weighted by Crippen LogP contribution is 2.37. The summed E-state index contributed by atoms with van der Waals surface area (Å²) in [5, 5.41) is 9.61. The number of para-hydroxylation sites is 1. The molecule has 4 heteroatoms. The van der Waals surface area contributed by atoms with Crippen LogP contribution in [-0.4, -0.2) is 18.0 Å². The second-order valence-electron chi connectivity index (χ2n) is 4.66. The Labute approximate surface area is 116 Å². The van der Waals surface area contributed by atoms with Gasteiger partial charge in [0.15, 0.2) is 17.3 Å². The molecule has 0 aliphatic carbocycles. The molecule has 0 spiro atoms. The Morgan fingerprint density at radius 3 is 2.85 bits per heavy atom. The van der Waals surface area contributed by atoms with Crippen molar-refractivity contribution in [3.05, 3.63) is 53.6 Å². The molecule has 0 saturated heterocycles. The summed E-state index contributed by atoms with van der Waals surface area (Å²) < 4.78 is 11.0. The number of Topliss-reactive ketones (excluding diaryl/α,β-unsaturated/α-hetero) is 1. The quantitative estimate of drug-likeness (QED) is 0.911. The van der Waals surface area contributed by atoms with E-state index in [1.807, 2.05) is 12.1 Å². The molecule has 0 aromatic heterocycles. The molecule has 2 aromatic carbocycles. The van der Waals surface area contributed by atoms with E-state index in [2.05, 4.69) is 0 Å². The SMILES string of the molecule is COc1cc([C@@H]2CC(=O)c3ccccc3O2)ccc1O. The normalized spacial score (nSPS) is 17.2. The molecule has 3 rings (SSSR count).